The summed E-state index contributed by atoms with van der Waals surface area (Å²) in [6.45, 7) is 8.66. The van der Waals surface area contributed by atoms with Gasteiger partial charge >= 0.3 is 12.4 Å². The fraction of sp³-hybridized carbons (Fsp3) is 0.333. The summed E-state index contributed by atoms with van der Waals surface area (Å²) in [6.07, 6.45) is -0.553. The number of hydrogen-bond acceptors (Lipinski definition) is 5. The Bertz CT molecular complexity index is 1810. The monoisotopic (exact) mass is 659 g/mol. The van der Waals surface area contributed by atoms with Gasteiger partial charge in [-0.1, -0.05) is 73.6 Å². The highest BCUT2D eigenvalue weighted by Gasteiger charge is 2.32. The molecule has 2 aliphatic rings. The summed E-state index contributed by atoms with van der Waals surface area (Å²) in [7, 11) is 0. The average Bonchev–Trinajstić information content (AvgIpc) is 3.77. The molecule has 47 heavy (non-hydrogen) atoms. The molecule has 1 aromatic heterocycles. The van der Waals surface area contributed by atoms with Crippen LogP contribution in [0.3, 0.4) is 0 Å². The Balaban J connectivity index is 1.07. The Labute approximate surface area is 276 Å². The van der Waals surface area contributed by atoms with Gasteiger partial charge in [0, 0.05) is 11.6 Å². The van der Waals surface area contributed by atoms with Crippen LogP contribution in [0.15, 0.2) is 89.0 Å². The molecule has 3 atom stereocenters. The number of carbonyl (C=O) groups excluding carboxylic acids is 1. The van der Waals surface area contributed by atoms with Crippen LogP contribution in [-0.4, -0.2) is 38.2 Å². The third kappa shape index (κ3) is 7.45. The Morgan fingerprint density at radius 3 is 2.49 bits per heavy atom. The summed E-state index contributed by atoms with van der Waals surface area (Å²) in [5.74, 6) is 0.877. The molecule has 2 amide bonds. The molecule has 1 aliphatic carbocycles. The predicted molar refractivity (Wildman–Crippen MR) is 179 cm³/mol. The van der Waals surface area contributed by atoms with E-state index in [2.05, 4.69) is 88.6 Å². The van der Waals surface area contributed by atoms with Gasteiger partial charge in [-0.25, -0.2) is 14.5 Å². The van der Waals surface area contributed by atoms with Crippen LogP contribution in [0.1, 0.15) is 80.0 Å². The molecule has 4 aromatic rings. The van der Waals surface area contributed by atoms with E-state index in [4.69, 9.17) is 0 Å². The highest BCUT2D eigenvalue weighted by atomic mass is 32.2. The van der Waals surface area contributed by atoms with E-state index in [-0.39, 0.29) is 23.7 Å². The van der Waals surface area contributed by atoms with Crippen molar-refractivity contribution in [1.82, 2.24) is 20.1 Å². The van der Waals surface area contributed by atoms with Crippen molar-refractivity contribution in [2.75, 3.05) is 0 Å². The number of carbonyl (C=O) groups is 1. The third-order valence-corrected chi connectivity index (χ3v) is 9.81. The number of urea groups is 1. The second-order valence-electron chi connectivity index (χ2n) is 12.4. The van der Waals surface area contributed by atoms with Crippen molar-refractivity contribution in [3.05, 3.63) is 106 Å². The van der Waals surface area contributed by atoms with Gasteiger partial charge in [0.15, 0.2) is 5.82 Å². The minimum Gasteiger partial charge on any atom is -0.406 e. The SMILES string of the molecule is CC1=CSC(=NC(=O)NC2CCC(c3ccc(-c4ncn(-c5ccc(OC(F)(F)F)cc5)n4)cc3)C2)C1c1cccc(C)c1C(C)C. The number of aryl methyl sites for hydroxylation is 1. The van der Waals surface area contributed by atoms with Crippen LogP contribution in [-0.2, 0) is 0 Å². The highest BCUT2D eigenvalue weighted by Crippen LogP contribution is 2.42. The molecule has 6 rings (SSSR count). The number of amides is 2. The first-order valence-corrected chi connectivity index (χ1v) is 16.5. The number of hydrogen-bond donors (Lipinski definition) is 1. The predicted octanol–water partition coefficient (Wildman–Crippen LogP) is 9.44. The first-order chi connectivity index (χ1) is 22.4. The smallest absolute Gasteiger partial charge is 0.406 e. The van der Waals surface area contributed by atoms with Gasteiger partial charge in [0.25, 0.3) is 0 Å². The molecular weight excluding hydrogens is 623 g/mol. The number of thioether (sulfide) groups is 1. The van der Waals surface area contributed by atoms with Crippen LogP contribution < -0.4 is 10.1 Å². The number of alkyl halides is 3. The van der Waals surface area contributed by atoms with E-state index >= 15 is 0 Å². The standard InChI is InChI=1S/C36H36F3N5O2S/c1-21(2)31-22(3)6-5-7-30(31)32-23(4)19-47-34(32)42-35(45)41-27-13-12-26(18-27)24-8-10-25(11-9-24)33-40-20-44(43-33)28-14-16-29(17-15-28)46-36(37,38)39/h5-11,14-17,19-21,26-27,32H,12-13,18H2,1-4H3,(H,41,45). The molecule has 0 saturated heterocycles. The minimum atomic E-state index is -4.74. The summed E-state index contributed by atoms with van der Waals surface area (Å²) in [6, 6.07) is 19.7. The van der Waals surface area contributed by atoms with Gasteiger partial charge in [-0.05, 0) is 96.9 Å². The number of halogens is 3. The number of ether oxygens (including phenoxy) is 1. The van der Waals surface area contributed by atoms with Gasteiger partial charge < -0.3 is 10.1 Å². The number of rotatable bonds is 7. The molecule has 1 saturated carbocycles. The lowest BCUT2D eigenvalue weighted by Gasteiger charge is -2.22. The summed E-state index contributed by atoms with van der Waals surface area (Å²) < 4.78 is 42.8. The second-order valence-corrected chi connectivity index (χ2v) is 13.3. The van der Waals surface area contributed by atoms with E-state index in [0.717, 1.165) is 29.9 Å². The third-order valence-electron chi connectivity index (χ3n) is 8.75. The lowest BCUT2D eigenvalue weighted by Crippen LogP contribution is -2.31. The fourth-order valence-electron chi connectivity index (χ4n) is 6.64. The maximum Gasteiger partial charge on any atom is 0.573 e. The molecule has 3 aromatic carbocycles. The van der Waals surface area contributed by atoms with Crippen molar-refractivity contribution in [3.8, 4) is 22.8 Å². The fourth-order valence-corrected chi connectivity index (χ4v) is 7.67. The van der Waals surface area contributed by atoms with Crippen molar-refractivity contribution in [3.63, 3.8) is 0 Å². The highest BCUT2D eigenvalue weighted by molar-refractivity contribution is 8.17. The van der Waals surface area contributed by atoms with Crippen molar-refractivity contribution < 1.29 is 22.7 Å². The van der Waals surface area contributed by atoms with Crippen LogP contribution in [0.25, 0.3) is 17.1 Å². The molecule has 2 heterocycles. The first kappa shape index (κ1) is 32.6. The lowest BCUT2D eigenvalue weighted by atomic mass is 9.84. The number of aliphatic imine (C=N–C) groups is 1. The second kappa shape index (κ2) is 13.4. The molecule has 244 valence electrons. The number of nitrogens with one attached hydrogen (secondary N) is 1. The van der Waals surface area contributed by atoms with Crippen molar-refractivity contribution in [2.24, 2.45) is 4.99 Å². The average molecular weight is 660 g/mol. The molecule has 1 aliphatic heterocycles. The number of aromatic nitrogens is 3. The lowest BCUT2D eigenvalue weighted by molar-refractivity contribution is -0.274. The van der Waals surface area contributed by atoms with Crippen molar-refractivity contribution >= 4 is 22.8 Å². The molecule has 3 unspecified atom stereocenters. The van der Waals surface area contributed by atoms with E-state index in [1.165, 1.54) is 74.9 Å². The molecule has 0 radical (unpaired) electrons. The number of benzene rings is 3. The van der Waals surface area contributed by atoms with Gasteiger partial charge in [0.05, 0.1) is 16.6 Å². The molecule has 7 nitrogen and oxygen atoms in total. The van der Waals surface area contributed by atoms with Crippen molar-refractivity contribution in [2.45, 2.75) is 77.1 Å². The van der Waals surface area contributed by atoms with Crippen LogP contribution in [0.5, 0.6) is 5.75 Å². The van der Waals surface area contributed by atoms with Gasteiger partial charge in [-0.3, -0.25) is 0 Å². The van der Waals surface area contributed by atoms with E-state index in [9.17, 15) is 18.0 Å². The van der Waals surface area contributed by atoms with Crippen LogP contribution in [0.4, 0.5) is 18.0 Å². The van der Waals surface area contributed by atoms with E-state index in [1.807, 2.05) is 12.1 Å². The van der Waals surface area contributed by atoms with E-state index in [0.29, 0.717) is 23.3 Å². The summed E-state index contributed by atoms with van der Waals surface area (Å²) >= 11 is 1.54. The maximum absolute atomic E-state index is 13.1. The Morgan fingerprint density at radius 2 is 1.79 bits per heavy atom. The summed E-state index contributed by atoms with van der Waals surface area (Å²) in [4.78, 5) is 22.1. The van der Waals surface area contributed by atoms with Crippen LogP contribution in [0, 0.1) is 6.92 Å². The molecule has 0 spiro atoms. The largest absolute Gasteiger partial charge is 0.573 e. The molecule has 1 fully saturated rings. The number of allylic oxidation sites excluding steroid dienone is 1. The zero-order valence-electron chi connectivity index (χ0n) is 26.6. The zero-order valence-corrected chi connectivity index (χ0v) is 27.4. The van der Waals surface area contributed by atoms with Gasteiger partial charge in [-0.15, -0.1) is 18.3 Å². The van der Waals surface area contributed by atoms with Crippen LogP contribution >= 0.6 is 11.8 Å². The molecule has 1 N–H and O–H groups in total. The van der Waals surface area contributed by atoms with Gasteiger partial charge in [0.1, 0.15) is 12.1 Å². The maximum atomic E-state index is 13.1. The topological polar surface area (TPSA) is 81.4 Å². The minimum absolute atomic E-state index is 0.00260. The van der Waals surface area contributed by atoms with Crippen LogP contribution in [0.2, 0.25) is 0 Å². The Hall–Kier alpha value is -4.38. The van der Waals surface area contributed by atoms with Gasteiger partial charge in [0.2, 0.25) is 0 Å². The number of nitrogens with zero attached hydrogens (tertiary/aromatic N) is 4. The zero-order chi connectivity index (χ0) is 33.3. The molecular formula is C36H36F3N5O2S. The van der Waals surface area contributed by atoms with Crippen molar-refractivity contribution in [1.29, 1.82) is 0 Å². The van der Waals surface area contributed by atoms with Gasteiger partial charge in [-0.2, -0.15) is 4.99 Å². The first-order valence-electron chi connectivity index (χ1n) is 15.6. The van der Waals surface area contributed by atoms with E-state index < -0.39 is 6.36 Å². The Morgan fingerprint density at radius 1 is 1.04 bits per heavy atom. The van der Waals surface area contributed by atoms with E-state index in [1.54, 1.807) is 0 Å². The quantitative estimate of drug-likeness (QED) is 0.214. The summed E-state index contributed by atoms with van der Waals surface area (Å²) in [5.41, 5.74) is 7.58. The Kier molecular flexibility index (Phi) is 9.27. The molecule has 11 heteroatoms. The molecule has 0 bridgehead atoms. The normalized spacial score (nSPS) is 20.6. The summed E-state index contributed by atoms with van der Waals surface area (Å²) in [5, 5.41) is 10.6.